The van der Waals surface area contributed by atoms with Crippen LogP contribution < -0.4 is 0 Å². The topological polar surface area (TPSA) is 21.6 Å². The van der Waals surface area contributed by atoms with E-state index in [1.54, 1.807) is 6.07 Å². The summed E-state index contributed by atoms with van der Waals surface area (Å²) >= 11 is 5.75. The summed E-state index contributed by atoms with van der Waals surface area (Å²) in [6, 6.07) is 9.10. The molecule has 7 heteroatoms. The smallest absolute Gasteiger partial charge is 0.391 e. The first-order chi connectivity index (χ1) is 10.8. The summed E-state index contributed by atoms with van der Waals surface area (Å²) in [5.74, 6) is -0.473. The summed E-state index contributed by atoms with van der Waals surface area (Å²) < 4.78 is 52.4. The lowest BCUT2D eigenvalue weighted by Gasteiger charge is -2.12. The Balaban J connectivity index is 2.21. The Hall–Kier alpha value is -2.08. The van der Waals surface area contributed by atoms with Gasteiger partial charge in [0.2, 0.25) is 0 Å². The molecule has 0 saturated carbocycles. The first-order valence-electron chi connectivity index (χ1n) is 6.56. The molecule has 122 valence electrons. The average Bonchev–Trinajstić information content (AvgIpc) is 2.47. The van der Waals surface area contributed by atoms with E-state index in [1.807, 2.05) is 0 Å². The fraction of sp³-hybridized carbons (Fsp3) is 0.188. The molecule has 0 N–H and O–H groups in total. The minimum Gasteiger partial charge on any atom is -0.391 e. The fourth-order valence-corrected chi connectivity index (χ4v) is 2.10. The van der Waals surface area contributed by atoms with Crippen molar-refractivity contribution in [1.82, 2.24) is 0 Å². The standard InChI is InChI=1S/C16H12ClF4NO/c1-10(22-23-9-11-4-2-3-5-15(11)18)13-8-12(17)6-7-14(13)16(19,20)21/h2-8H,9H2,1H3/b22-10+. The van der Waals surface area contributed by atoms with Gasteiger partial charge in [-0.2, -0.15) is 13.2 Å². The van der Waals surface area contributed by atoms with E-state index in [1.165, 1.54) is 25.1 Å². The quantitative estimate of drug-likeness (QED) is 0.411. The Bertz CT molecular complexity index is 728. The second-order valence-corrected chi connectivity index (χ2v) is 5.17. The molecule has 2 nitrogen and oxygen atoms in total. The molecule has 0 amide bonds. The van der Waals surface area contributed by atoms with Crippen LogP contribution in [-0.2, 0) is 17.6 Å². The number of halogens is 5. The van der Waals surface area contributed by atoms with E-state index >= 15 is 0 Å². The van der Waals surface area contributed by atoms with E-state index in [9.17, 15) is 17.6 Å². The molecule has 0 aliphatic carbocycles. The van der Waals surface area contributed by atoms with Crippen LogP contribution in [0.5, 0.6) is 0 Å². The summed E-state index contributed by atoms with van der Waals surface area (Å²) in [4.78, 5) is 4.96. The number of rotatable bonds is 4. The first kappa shape index (κ1) is 17.3. The second-order valence-electron chi connectivity index (χ2n) is 4.73. The highest BCUT2D eigenvalue weighted by Gasteiger charge is 2.34. The van der Waals surface area contributed by atoms with Crippen LogP contribution >= 0.6 is 11.6 Å². The summed E-state index contributed by atoms with van der Waals surface area (Å²) in [5.41, 5.74) is -0.793. The molecule has 0 unspecified atom stereocenters. The van der Waals surface area contributed by atoms with E-state index in [0.29, 0.717) is 0 Å². The van der Waals surface area contributed by atoms with Crippen molar-refractivity contribution in [2.24, 2.45) is 5.16 Å². The fourth-order valence-electron chi connectivity index (χ4n) is 1.93. The normalized spacial score (nSPS) is 12.3. The lowest BCUT2D eigenvalue weighted by Crippen LogP contribution is -2.12. The molecule has 0 spiro atoms. The molecule has 23 heavy (non-hydrogen) atoms. The number of hydrogen-bond donors (Lipinski definition) is 0. The van der Waals surface area contributed by atoms with E-state index in [-0.39, 0.29) is 28.5 Å². The van der Waals surface area contributed by atoms with Crippen molar-refractivity contribution in [2.75, 3.05) is 0 Å². The van der Waals surface area contributed by atoms with Crippen LogP contribution in [0.1, 0.15) is 23.6 Å². The van der Waals surface area contributed by atoms with Crippen molar-refractivity contribution in [3.8, 4) is 0 Å². The Morgan fingerprint density at radius 3 is 2.52 bits per heavy atom. The van der Waals surface area contributed by atoms with Gasteiger partial charge in [0.15, 0.2) is 0 Å². The van der Waals surface area contributed by atoms with Crippen LogP contribution in [-0.4, -0.2) is 5.71 Å². The van der Waals surface area contributed by atoms with Crippen molar-refractivity contribution >= 4 is 17.3 Å². The molecule has 0 bridgehead atoms. The van der Waals surface area contributed by atoms with Crippen molar-refractivity contribution in [3.63, 3.8) is 0 Å². The zero-order valence-corrected chi connectivity index (χ0v) is 12.7. The molecule has 2 aromatic carbocycles. The molecule has 0 heterocycles. The predicted octanol–water partition coefficient (Wildman–Crippen LogP) is 5.44. The monoisotopic (exact) mass is 345 g/mol. The molecular formula is C16H12ClF4NO. The number of benzene rings is 2. The first-order valence-corrected chi connectivity index (χ1v) is 6.94. The van der Waals surface area contributed by atoms with Gasteiger partial charge >= 0.3 is 6.18 Å². The Kier molecular flexibility index (Phi) is 5.26. The van der Waals surface area contributed by atoms with E-state index in [2.05, 4.69) is 5.16 Å². The summed E-state index contributed by atoms with van der Waals surface area (Å²) in [7, 11) is 0. The highest BCUT2D eigenvalue weighted by atomic mass is 35.5. The summed E-state index contributed by atoms with van der Waals surface area (Å²) in [6.07, 6.45) is -4.54. The minimum atomic E-state index is -4.54. The summed E-state index contributed by atoms with van der Waals surface area (Å²) in [5, 5.41) is 3.79. The van der Waals surface area contributed by atoms with E-state index in [0.717, 1.165) is 18.2 Å². The van der Waals surface area contributed by atoms with Crippen LogP contribution in [0.2, 0.25) is 5.02 Å². The predicted molar refractivity (Wildman–Crippen MR) is 79.9 cm³/mol. The molecule has 2 aromatic rings. The third kappa shape index (κ3) is 4.45. The minimum absolute atomic E-state index is 0.00355. The third-order valence-electron chi connectivity index (χ3n) is 3.06. The van der Waals surface area contributed by atoms with E-state index in [4.69, 9.17) is 16.4 Å². The molecule has 0 aliphatic rings. The zero-order chi connectivity index (χ0) is 17.0. The van der Waals surface area contributed by atoms with Crippen LogP contribution in [0.3, 0.4) is 0 Å². The maximum atomic E-state index is 13.4. The highest BCUT2D eigenvalue weighted by Crippen LogP contribution is 2.33. The van der Waals surface area contributed by atoms with Gasteiger partial charge in [-0.25, -0.2) is 4.39 Å². The van der Waals surface area contributed by atoms with Gasteiger partial charge in [-0.1, -0.05) is 35.0 Å². The highest BCUT2D eigenvalue weighted by molar-refractivity contribution is 6.31. The number of alkyl halides is 3. The maximum absolute atomic E-state index is 13.4. The van der Waals surface area contributed by atoms with Gasteiger partial charge in [-0.15, -0.1) is 0 Å². The van der Waals surface area contributed by atoms with Gasteiger partial charge in [0, 0.05) is 16.1 Å². The molecule has 0 aliphatic heterocycles. The molecular weight excluding hydrogens is 334 g/mol. The average molecular weight is 346 g/mol. The van der Waals surface area contributed by atoms with E-state index < -0.39 is 17.6 Å². The van der Waals surface area contributed by atoms with Crippen molar-refractivity contribution < 1.29 is 22.4 Å². The molecule has 0 saturated heterocycles. The number of nitrogens with zero attached hydrogens (tertiary/aromatic N) is 1. The van der Waals surface area contributed by atoms with Gasteiger partial charge in [-0.3, -0.25) is 0 Å². The maximum Gasteiger partial charge on any atom is 0.417 e. The van der Waals surface area contributed by atoms with Crippen LogP contribution in [0, 0.1) is 5.82 Å². The van der Waals surface area contributed by atoms with Gasteiger partial charge in [0.05, 0.1) is 11.3 Å². The van der Waals surface area contributed by atoms with Gasteiger partial charge in [-0.05, 0) is 31.2 Å². The van der Waals surface area contributed by atoms with Gasteiger partial charge in [0.25, 0.3) is 0 Å². The third-order valence-corrected chi connectivity index (χ3v) is 3.29. The number of oxime groups is 1. The molecule has 0 fully saturated rings. The Morgan fingerprint density at radius 2 is 1.87 bits per heavy atom. The molecule has 2 rings (SSSR count). The molecule has 0 aromatic heterocycles. The van der Waals surface area contributed by atoms with Gasteiger partial charge in [0.1, 0.15) is 12.4 Å². The Morgan fingerprint density at radius 1 is 1.17 bits per heavy atom. The lowest BCUT2D eigenvalue weighted by molar-refractivity contribution is -0.137. The van der Waals surface area contributed by atoms with Gasteiger partial charge < -0.3 is 4.84 Å². The summed E-state index contributed by atoms with van der Waals surface area (Å²) in [6.45, 7) is 1.17. The van der Waals surface area contributed by atoms with Crippen molar-refractivity contribution in [3.05, 3.63) is 70.0 Å². The van der Waals surface area contributed by atoms with Crippen LogP contribution in [0.4, 0.5) is 17.6 Å². The molecule has 0 radical (unpaired) electrons. The van der Waals surface area contributed by atoms with Crippen LogP contribution in [0.15, 0.2) is 47.6 Å². The van der Waals surface area contributed by atoms with Crippen molar-refractivity contribution in [2.45, 2.75) is 19.7 Å². The SMILES string of the molecule is C/C(=N\OCc1ccccc1F)c1cc(Cl)ccc1C(F)(F)F. The lowest BCUT2D eigenvalue weighted by atomic mass is 10.0. The largest absolute Gasteiger partial charge is 0.417 e. The van der Waals surface area contributed by atoms with Crippen LogP contribution in [0.25, 0.3) is 0 Å². The zero-order valence-electron chi connectivity index (χ0n) is 12.0. The Labute approximate surface area is 135 Å². The molecule has 0 atom stereocenters. The second kappa shape index (κ2) is 7.00. The number of hydrogen-bond acceptors (Lipinski definition) is 2. The van der Waals surface area contributed by atoms with Crippen molar-refractivity contribution in [1.29, 1.82) is 0 Å².